The first-order chi connectivity index (χ1) is 12.8. The van der Waals surface area contributed by atoms with E-state index in [1.807, 2.05) is 0 Å². The number of carbonyl (C=O) groups excluding carboxylic acids is 2. The van der Waals surface area contributed by atoms with Crippen LogP contribution in [0.2, 0.25) is 0 Å². The van der Waals surface area contributed by atoms with E-state index in [1.54, 1.807) is 38.1 Å². The molecule has 6 heteroatoms. The molecule has 1 aliphatic carbocycles. The lowest BCUT2D eigenvalue weighted by atomic mass is 9.95. The van der Waals surface area contributed by atoms with Crippen LogP contribution in [-0.4, -0.2) is 42.3 Å². The molecular weight excluding hydrogens is 344 g/mol. The van der Waals surface area contributed by atoms with Crippen LogP contribution in [0.3, 0.4) is 0 Å². The molecule has 1 aliphatic rings. The average Bonchev–Trinajstić information content (AvgIpc) is 3.40. The number of amides is 1. The number of aliphatic hydroxyl groups excluding tert-OH is 1. The lowest BCUT2D eigenvalue weighted by Crippen LogP contribution is -2.59. The van der Waals surface area contributed by atoms with Crippen molar-refractivity contribution in [3.05, 3.63) is 35.4 Å². The summed E-state index contributed by atoms with van der Waals surface area (Å²) in [7, 11) is 1.25. The molecule has 1 aromatic rings. The van der Waals surface area contributed by atoms with Crippen LogP contribution in [-0.2, 0) is 9.53 Å². The van der Waals surface area contributed by atoms with Crippen molar-refractivity contribution in [3.8, 4) is 23.7 Å². The first-order valence-electron chi connectivity index (χ1n) is 8.66. The number of benzene rings is 1. The minimum atomic E-state index is -0.969. The molecule has 2 rings (SSSR count). The summed E-state index contributed by atoms with van der Waals surface area (Å²) in [4.78, 5) is 24.2. The summed E-state index contributed by atoms with van der Waals surface area (Å²) in [5.41, 5.74) is 6.09. The molecule has 1 amide bonds. The Kier molecular flexibility index (Phi) is 6.63. The van der Waals surface area contributed by atoms with E-state index in [1.165, 1.54) is 7.11 Å². The van der Waals surface area contributed by atoms with E-state index in [4.69, 9.17) is 15.6 Å². The Balaban J connectivity index is 2.00. The zero-order valence-corrected chi connectivity index (χ0v) is 15.7. The number of esters is 1. The van der Waals surface area contributed by atoms with Crippen molar-refractivity contribution < 1.29 is 19.4 Å². The van der Waals surface area contributed by atoms with Crippen LogP contribution in [0.5, 0.6) is 0 Å². The van der Waals surface area contributed by atoms with Crippen molar-refractivity contribution >= 4 is 11.9 Å². The van der Waals surface area contributed by atoms with Gasteiger partial charge in [0.1, 0.15) is 6.04 Å². The predicted octanol–water partition coefficient (Wildman–Crippen LogP) is 0.679. The standard InChI is InChI=1S/C21H24N2O4/c1-21(2,22)18(20(26)27-3)23-19(25)15-10-8-14(9-11-15)6-4-5-7-16-12-17(16)13-24/h8-11,16-18,24H,12-13,22H2,1-3H3,(H,23,25)/t16-,17+,18?/m1/s1. The third-order valence-corrected chi connectivity index (χ3v) is 4.29. The molecule has 1 aromatic carbocycles. The van der Waals surface area contributed by atoms with Crippen LogP contribution >= 0.6 is 0 Å². The molecule has 0 heterocycles. The topological polar surface area (TPSA) is 102 Å². The van der Waals surface area contributed by atoms with E-state index in [0.29, 0.717) is 11.5 Å². The molecule has 4 N–H and O–H groups in total. The fourth-order valence-electron chi connectivity index (χ4n) is 2.44. The maximum Gasteiger partial charge on any atom is 0.330 e. The van der Waals surface area contributed by atoms with Crippen LogP contribution in [0.15, 0.2) is 24.3 Å². The van der Waals surface area contributed by atoms with Gasteiger partial charge in [0.05, 0.1) is 7.11 Å². The summed E-state index contributed by atoms with van der Waals surface area (Å²) in [6.45, 7) is 3.45. The molecule has 0 radical (unpaired) electrons. The number of rotatable bonds is 5. The number of nitrogens with one attached hydrogen (secondary N) is 1. The summed E-state index contributed by atoms with van der Waals surface area (Å²) in [6, 6.07) is 5.69. The minimum Gasteiger partial charge on any atom is -0.467 e. The summed E-state index contributed by atoms with van der Waals surface area (Å²) >= 11 is 0. The predicted molar refractivity (Wildman–Crippen MR) is 101 cm³/mol. The zero-order valence-electron chi connectivity index (χ0n) is 15.7. The summed E-state index contributed by atoms with van der Waals surface area (Å²) in [5, 5.41) is 11.6. The third-order valence-electron chi connectivity index (χ3n) is 4.29. The van der Waals surface area contributed by atoms with Gasteiger partial charge in [-0.25, -0.2) is 4.79 Å². The second-order valence-electron chi connectivity index (χ2n) is 7.13. The van der Waals surface area contributed by atoms with Gasteiger partial charge in [0, 0.05) is 29.2 Å². The lowest BCUT2D eigenvalue weighted by molar-refractivity contribution is -0.144. The zero-order chi connectivity index (χ0) is 20.0. The molecule has 6 nitrogen and oxygen atoms in total. The van der Waals surface area contributed by atoms with E-state index in [0.717, 1.165) is 12.0 Å². The van der Waals surface area contributed by atoms with Gasteiger partial charge >= 0.3 is 5.97 Å². The molecule has 0 bridgehead atoms. The van der Waals surface area contributed by atoms with Crippen molar-refractivity contribution in [2.75, 3.05) is 13.7 Å². The lowest BCUT2D eigenvalue weighted by Gasteiger charge is -2.28. The molecular formula is C21H24N2O4. The Hall–Kier alpha value is -2.80. The molecule has 27 heavy (non-hydrogen) atoms. The molecule has 1 saturated carbocycles. The summed E-state index contributed by atoms with van der Waals surface area (Å²) < 4.78 is 4.71. The Bertz CT molecular complexity index is 816. The first kappa shape index (κ1) is 20.5. The molecule has 0 saturated heterocycles. The Morgan fingerprint density at radius 1 is 1.33 bits per heavy atom. The molecule has 0 aliphatic heterocycles. The largest absolute Gasteiger partial charge is 0.467 e. The maximum atomic E-state index is 12.4. The highest BCUT2D eigenvalue weighted by Gasteiger charge is 2.35. The van der Waals surface area contributed by atoms with E-state index in [9.17, 15) is 9.59 Å². The second kappa shape index (κ2) is 8.73. The van der Waals surface area contributed by atoms with Gasteiger partial charge in [-0.3, -0.25) is 4.79 Å². The highest BCUT2D eigenvalue weighted by atomic mass is 16.5. The third kappa shape index (κ3) is 5.86. The highest BCUT2D eigenvalue weighted by molar-refractivity contribution is 5.97. The van der Waals surface area contributed by atoms with Crippen LogP contribution in [0.1, 0.15) is 36.2 Å². The fraction of sp³-hybridized carbons (Fsp3) is 0.429. The van der Waals surface area contributed by atoms with Gasteiger partial charge in [0.25, 0.3) is 5.91 Å². The van der Waals surface area contributed by atoms with Crippen LogP contribution in [0.25, 0.3) is 0 Å². The summed E-state index contributed by atoms with van der Waals surface area (Å²) in [6.07, 6.45) is 0.932. The van der Waals surface area contributed by atoms with E-state index in [-0.39, 0.29) is 12.5 Å². The van der Waals surface area contributed by atoms with Gasteiger partial charge in [0.2, 0.25) is 0 Å². The number of aliphatic hydroxyl groups is 1. The first-order valence-corrected chi connectivity index (χ1v) is 8.66. The monoisotopic (exact) mass is 368 g/mol. The van der Waals surface area contributed by atoms with Crippen LogP contribution < -0.4 is 11.1 Å². The second-order valence-corrected chi connectivity index (χ2v) is 7.13. The molecule has 1 fully saturated rings. The molecule has 142 valence electrons. The van der Waals surface area contributed by atoms with Crippen molar-refractivity contribution in [1.29, 1.82) is 0 Å². The fourth-order valence-corrected chi connectivity index (χ4v) is 2.44. The van der Waals surface area contributed by atoms with Crippen molar-refractivity contribution in [2.24, 2.45) is 17.6 Å². The van der Waals surface area contributed by atoms with Gasteiger partial charge in [-0.1, -0.05) is 11.8 Å². The number of hydrogen-bond donors (Lipinski definition) is 3. The van der Waals surface area contributed by atoms with E-state index < -0.39 is 23.5 Å². The molecule has 1 unspecified atom stereocenters. The van der Waals surface area contributed by atoms with Gasteiger partial charge in [0.15, 0.2) is 0 Å². The molecule has 3 atom stereocenters. The maximum absolute atomic E-state index is 12.4. The number of nitrogens with two attached hydrogens (primary N) is 1. The Labute approximate surface area is 159 Å². The number of carbonyl (C=O) groups is 2. The van der Waals surface area contributed by atoms with Crippen molar-refractivity contribution in [1.82, 2.24) is 5.32 Å². The Morgan fingerprint density at radius 3 is 2.52 bits per heavy atom. The average molecular weight is 368 g/mol. The number of methoxy groups -OCH3 is 1. The highest BCUT2D eigenvalue weighted by Crippen LogP contribution is 2.36. The minimum absolute atomic E-state index is 0.175. The summed E-state index contributed by atoms with van der Waals surface area (Å²) in [5.74, 6) is 11.0. The number of hydrogen-bond acceptors (Lipinski definition) is 5. The quantitative estimate of drug-likeness (QED) is 0.524. The normalized spacial score (nSPS) is 18.9. The van der Waals surface area contributed by atoms with Crippen molar-refractivity contribution in [3.63, 3.8) is 0 Å². The van der Waals surface area contributed by atoms with Crippen molar-refractivity contribution in [2.45, 2.75) is 31.8 Å². The van der Waals surface area contributed by atoms with Gasteiger partial charge in [-0.15, -0.1) is 0 Å². The number of ether oxygens (including phenoxy) is 1. The van der Waals surface area contributed by atoms with Gasteiger partial charge in [-0.05, 0) is 62.3 Å². The van der Waals surface area contributed by atoms with Gasteiger partial charge < -0.3 is 20.9 Å². The van der Waals surface area contributed by atoms with E-state index in [2.05, 4.69) is 29.0 Å². The van der Waals surface area contributed by atoms with Crippen LogP contribution in [0.4, 0.5) is 0 Å². The molecule has 0 spiro atoms. The Morgan fingerprint density at radius 2 is 2.00 bits per heavy atom. The van der Waals surface area contributed by atoms with E-state index >= 15 is 0 Å². The van der Waals surface area contributed by atoms with Gasteiger partial charge in [-0.2, -0.15) is 0 Å². The smallest absolute Gasteiger partial charge is 0.330 e. The SMILES string of the molecule is COC(=O)C(NC(=O)c1ccc(C#CC#C[C@@H]2C[C@H]2CO)cc1)C(C)(C)N. The molecule has 0 aromatic heterocycles. The van der Waals surface area contributed by atoms with Crippen LogP contribution in [0, 0.1) is 35.5 Å².